The topological polar surface area (TPSA) is 37.3 Å². The van der Waals surface area contributed by atoms with Gasteiger partial charge in [-0.15, -0.1) is 0 Å². The number of carboxylic acids is 1. The fraction of sp³-hybridized carbons (Fsp3) is 0.417. The van der Waals surface area contributed by atoms with Gasteiger partial charge >= 0.3 is 5.97 Å². The molecule has 5 heteroatoms. The number of carbonyl (C=O) groups is 1. The number of aliphatic carboxylic acids is 1. The van der Waals surface area contributed by atoms with Gasteiger partial charge in [0.05, 0.1) is 6.42 Å². The Kier molecular flexibility index (Phi) is 3.47. The third-order valence-corrected chi connectivity index (χ3v) is 3.46. The SMILES string of the molecule is O=C(O)CC(c1c(F)cc(Br)cc1F)C1CC1. The van der Waals surface area contributed by atoms with Gasteiger partial charge in [0.25, 0.3) is 0 Å². The number of carboxylic acid groups (broad SMARTS) is 1. The highest BCUT2D eigenvalue weighted by Gasteiger charge is 2.36. The highest BCUT2D eigenvalue weighted by Crippen LogP contribution is 2.46. The lowest BCUT2D eigenvalue weighted by atomic mass is 9.90. The second kappa shape index (κ2) is 4.72. The summed E-state index contributed by atoms with van der Waals surface area (Å²) in [5.41, 5.74) is -0.0851. The van der Waals surface area contributed by atoms with E-state index in [1.807, 2.05) is 0 Å². The van der Waals surface area contributed by atoms with Crippen molar-refractivity contribution in [2.75, 3.05) is 0 Å². The van der Waals surface area contributed by atoms with Crippen molar-refractivity contribution in [3.05, 3.63) is 33.8 Å². The van der Waals surface area contributed by atoms with Crippen molar-refractivity contribution in [1.82, 2.24) is 0 Å². The Morgan fingerprint density at radius 2 is 1.94 bits per heavy atom. The van der Waals surface area contributed by atoms with Crippen molar-refractivity contribution in [3.8, 4) is 0 Å². The van der Waals surface area contributed by atoms with Gasteiger partial charge in [-0.2, -0.15) is 0 Å². The Morgan fingerprint density at radius 3 is 2.35 bits per heavy atom. The van der Waals surface area contributed by atoms with E-state index in [0.717, 1.165) is 12.8 Å². The Hall–Kier alpha value is -0.970. The zero-order valence-corrected chi connectivity index (χ0v) is 10.5. The van der Waals surface area contributed by atoms with Crippen LogP contribution in [0, 0.1) is 17.6 Å². The van der Waals surface area contributed by atoms with E-state index >= 15 is 0 Å². The highest BCUT2D eigenvalue weighted by atomic mass is 79.9. The van der Waals surface area contributed by atoms with Crippen molar-refractivity contribution in [3.63, 3.8) is 0 Å². The van der Waals surface area contributed by atoms with Crippen LogP contribution < -0.4 is 0 Å². The van der Waals surface area contributed by atoms with Crippen LogP contribution in [-0.2, 0) is 4.79 Å². The minimum Gasteiger partial charge on any atom is -0.481 e. The molecule has 1 aromatic rings. The molecule has 0 spiro atoms. The predicted molar refractivity (Wildman–Crippen MR) is 61.8 cm³/mol. The zero-order valence-electron chi connectivity index (χ0n) is 8.92. The van der Waals surface area contributed by atoms with Gasteiger partial charge in [-0.1, -0.05) is 15.9 Å². The molecule has 0 amide bonds. The maximum absolute atomic E-state index is 13.7. The number of benzene rings is 1. The summed E-state index contributed by atoms with van der Waals surface area (Å²) in [6.45, 7) is 0. The predicted octanol–water partition coefficient (Wildman–Crippen LogP) is 3.70. The van der Waals surface area contributed by atoms with Crippen LogP contribution in [0.25, 0.3) is 0 Å². The Labute approximate surface area is 106 Å². The van der Waals surface area contributed by atoms with E-state index in [0.29, 0.717) is 4.47 Å². The van der Waals surface area contributed by atoms with Crippen LogP contribution in [0.5, 0.6) is 0 Å². The van der Waals surface area contributed by atoms with Crippen molar-refractivity contribution < 1.29 is 18.7 Å². The number of hydrogen-bond donors (Lipinski definition) is 1. The first-order valence-electron chi connectivity index (χ1n) is 5.35. The van der Waals surface area contributed by atoms with E-state index in [-0.39, 0.29) is 17.9 Å². The summed E-state index contributed by atoms with van der Waals surface area (Å²) in [4.78, 5) is 10.8. The first-order chi connectivity index (χ1) is 7.99. The molecule has 0 aliphatic heterocycles. The normalized spacial score (nSPS) is 16.9. The molecule has 2 rings (SSSR count). The van der Waals surface area contributed by atoms with Crippen molar-refractivity contribution in [2.45, 2.75) is 25.2 Å². The summed E-state index contributed by atoms with van der Waals surface area (Å²) in [5, 5.41) is 8.80. The first-order valence-corrected chi connectivity index (χ1v) is 6.14. The van der Waals surface area contributed by atoms with Gasteiger partial charge < -0.3 is 5.11 Å². The second-order valence-electron chi connectivity index (χ2n) is 4.32. The fourth-order valence-electron chi connectivity index (χ4n) is 2.10. The molecule has 0 saturated heterocycles. The Balaban J connectivity index is 2.38. The summed E-state index contributed by atoms with van der Waals surface area (Å²) >= 11 is 3.00. The molecule has 17 heavy (non-hydrogen) atoms. The number of rotatable bonds is 4. The van der Waals surface area contributed by atoms with E-state index < -0.39 is 23.5 Å². The molecule has 0 bridgehead atoms. The third-order valence-electron chi connectivity index (χ3n) is 3.00. The molecule has 92 valence electrons. The molecule has 1 aromatic carbocycles. The Morgan fingerprint density at radius 1 is 1.41 bits per heavy atom. The maximum atomic E-state index is 13.7. The quantitative estimate of drug-likeness (QED) is 0.921. The van der Waals surface area contributed by atoms with Crippen LogP contribution in [0.2, 0.25) is 0 Å². The van der Waals surface area contributed by atoms with Gasteiger partial charge in [0, 0.05) is 16.0 Å². The van der Waals surface area contributed by atoms with Crippen LogP contribution in [0.3, 0.4) is 0 Å². The van der Waals surface area contributed by atoms with Crippen LogP contribution in [0.4, 0.5) is 8.78 Å². The van der Waals surface area contributed by atoms with Gasteiger partial charge in [-0.05, 0) is 30.9 Å². The molecule has 1 aliphatic carbocycles. The molecular formula is C12H11BrF2O2. The second-order valence-corrected chi connectivity index (χ2v) is 5.24. The smallest absolute Gasteiger partial charge is 0.303 e. The summed E-state index contributed by atoms with van der Waals surface area (Å²) < 4.78 is 27.8. The summed E-state index contributed by atoms with van der Waals surface area (Å²) in [6, 6.07) is 2.35. The Bertz CT molecular complexity index is 435. The summed E-state index contributed by atoms with van der Waals surface area (Å²) in [5.74, 6) is -2.83. The molecule has 1 atom stereocenters. The third kappa shape index (κ3) is 2.83. The van der Waals surface area contributed by atoms with Gasteiger partial charge in [-0.25, -0.2) is 8.78 Å². The largest absolute Gasteiger partial charge is 0.481 e. The molecule has 1 N–H and O–H groups in total. The molecule has 0 radical (unpaired) electrons. The van der Waals surface area contributed by atoms with Crippen LogP contribution in [0.1, 0.15) is 30.7 Å². The highest BCUT2D eigenvalue weighted by molar-refractivity contribution is 9.10. The van der Waals surface area contributed by atoms with Crippen molar-refractivity contribution in [1.29, 1.82) is 0 Å². The molecule has 0 aromatic heterocycles. The average molecular weight is 305 g/mol. The summed E-state index contributed by atoms with van der Waals surface area (Å²) in [7, 11) is 0. The average Bonchev–Trinajstić information content (AvgIpc) is 2.96. The monoisotopic (exact) mass is 304 g/mol. The zero-order chi connectivity index (χ0) is 12.6. The molecule has 1 fully saturated rings. The molecular weight excluding hydrogens is 294 g/mol. The van der Waals surface area contributed by atoms with Gasteiger partial charge in [0.2, 0.25) is 0 Å². The first kappa shape index (κ1) is 12.5. The van der Waals surface area contributed by atoms with Crippen molar-refractivity contribution in [2.24, 2.45) is 5.92 Å². The minimum atomic E-state index is -1.02. The molecule has 1 saturated carbocycles. The fourth-order valence-corrected chi connectivity index (χ4v) is 2.50. The number of hydrogen-bond acceptors (Lipinski definition) is 1. The van der Waals surface area contributed by atoms with Gasteiger partial charge in [-0.3, -0.25) is 4.79 Å². The molecule has 1 unspecified atom stereocenters. The van der Waals surface area contributed by atoms with Crippen LogP contribution >= 0.6 is 15.9 Å². The summed E-state index contributed by atoms with van der Waals surface area (Å²) in [6.07, 6.45) is 1.46. The maximum Gasteiger partial charge on any atom is 0.303 e. The van der Waals surface area contributed by atoms with Crippen molar-refractivity contribution >= 4 is 21.9 Å². The van der Waals surface area contributed by atoms with E-state index in [9.17, 15) is 13.6 Å². The molecule has 2 nitrogen and oxygen atoms in total. The van der Waals surface area contributed by atoms with Gasteiger partial charge in [0.1, 0.15) is 11.6 Å². The molecule has 0 heterocycles. The standard InChI is InChI=1S/C12H11BrF2O2/c13-7-3-9(14)12(10(15)4-7)8(5-11(16)17)6-1-2-6/h3-4,6,8H,1-2,5H2,(H,16,17). The van der Waals surface area contributed by atoms with Gasteiger partial charge in [0.15, 0.2) is 0 Å². The van der Waals surface area contributed by atoms with E-state index in [2.05, 4.69) is 15.9 Å². The van der Waals surface area contributed by atoms with Crippen LogP contribution in [0.15, 0.2) is 16.6 Å². The number of halogens is 3. The van der Waals surface area contributed by atoms with E-state index in [4.69, 9.17) is 5.11 Å². The molecule has 1 aliphatic rings. The van der Waals surface area contributed by atoms with E-state index in [1.165, 1.54) is 12.1 Å². The minimum absolute atomic E-state index is 0.0851. The van der Waals surface area contributed by atoms with E-state index in [1.54, 1.807) is 0 Å². The lowest BCUT2D eigenvalue weighted by molar-refractivity contribution is -0.137. The lowest BCUT2D eigenvalue weighted by Crippen LogP contribution is -2.12. The van der Waals surface area contributed by atoms with Crippen LogP contribution in [-0.4, -0.2) is 11.1 Å². The lowest BCUT2D eigenvalue weighted by Gasteiger charge is -2.16.